The summed E-state index contributed by atoms with van der Waals surface area (Å²) in [4.78, 5) is 25.6. The van der Waals surface area contributed by atoms with Crippen LogP contribution in [-0.4, -0.2) is 49.4 Å². The number of likely N-dealkylation sites (N-methyl/N-ethyl adjacent to an activating group) is 1. The summed E-state index contributed by atoms with van der Waals surface area (Å²) in [6.45, 7) is 5.11. The second-order valence-corrected chi connectivity index (χ2v) is 6.16. The van der Waals surface area contributed by atoms with Crippen molar-refractivity contribution in [2.75, 3.05) is 27.2 Å². The first kappa shape index (κ1) is 18.1. The van der Waals surface area contributed by atoms with Crippen molar-refractivity contribution >= 4 is 11.8 Å². The van der Waals surface area contributed by atoms with Crippen molar-refractivity contribution in [1.29, 1.82) is 0 Å². The highest BCUT2D eigenvalue weighted by molar-refractivity contribution is 5.94. The van der Waals surface area contributed by atoms with Gasteiger partial charge in [0.15, 0.2) is 0 Å². The number of nitrogens with zero attached hydrogens (tertiary/aromatic N) is 1. The number of hydrogen-bond donors (Lipinski definition) is 3. The molecule has 1 rings (SSSR count). The zero-order valence-corrected chi connectivity index (χ0v) is 13.8. The molecule has 1 aromatic rings. The molecule has 0 bridgehead atoms. The summed E-state index contributed by atoms with van der Waals surface area (Å²) >= 11 is 0. The molecule has 0 heterocycles. The van der Waals surface area contributed by atoms with E-state index in [1.165, 1.54) is 0 Å². The smallest absolute Gasteiger partial charge is 0.251 e. The molecule has 122 valence electrons. The Kier molecular flexibility index (Phi) is 6.52. The summed E-state index contributed by atoms with van der Waals surface area (Å²) in [6.07, 6.45) is 0. The van der Waals surface area contributed by atoms with E-state index in [4.69, 9.17) is 5.73 Å². The molecule has 22 heavy (non-hydrogen) atoms. The highest BCUT2D eigenvalue weighted by Gasteiger charge is 2.21. The predicted octanol–water partition coefficient (Wildman–Crippen LogP) is 0.332. The average Bonchev–Trinajstić information content (AvgIpc) is 2.43. The van der Waals surface area contributed by atoms with Gasteiger partial charge in [0, 0.05) is 25.2 Å². The molecular weight excluding hydrogens is 280 g/mol. The van der Waals surface area contributed by atoms with Crippen molar-refractivity contribution < 1.29 is 9.59 Å². The maximum atomic E-state index is 11.9. The van der Waals surface area contributed by atoms with Crippen LogP contribution >= 0.6 is 0 Å². The fourth-order valence-electron chi connectivity index (χ4n) is 1.68. The number of nitrogens with one attached hydrogen (secondary N) is 2. The van der Waals surface area contributed by atoms with E-state index in [1.54, 1.807) is 26.0 Å². The molecule has 0 aliphatic carbocycles. The lowest BCUT2D eigenvalue weighted by Gasteiger charge is -2.17. The molecule has 4 N–H and O–H groups in total. The summed E-state index contributed by atoms with van der Waals surface area (Å²) in [6, 6.07) is 7.15. The summed E-state index contributed by atoms with van der Waals surface area (Å²) in [7, 11) is 3.91. The molecular formula is C16H26N4O2. The van der Waals surface area contributed by atoms with Gasteiger partial charge < -0.3 is 21.3 Å². The summed E-state index contributed by atoms with van der Waals surface area (Å²) in [5, 5.41) is 5.62. The van der Waals surface area contributed by atoms with Crippen LogP contribution in [0.3, 0.4) is 0 Å². The van der Waals surface area contributed by atoms with Gasteiger partial charge in [0.05, 0.1) is 5.54 Å². The molecule has 0 aromatic heterocycles. The Hall–Kier alpha value is -1.92. The van der Waals surface area contributed by atoms with Crippen LogP contribution in [0.15, 0.2) is 24.3 Å². The molecule has 0 aliphatic rings. The van der Waals surface area contributed by atoms with Crippen LogP contribution in [0.5, 0.6) is 0 Å². The maximum absolute atomic E-state index is 11.9. The summed E-state index contributed by atoms with van der Waals surface area (Å²) in [5.74, 6) is -0.307. The van der Waals surface area contributed by atoms with Crippen LogP contribution in [0.1, 0.15) is 29.8 Å². The first-order chi connectivity index (χ1) is 10.2. The number of carbonyl (C=O) groups excluding carboxylic acids is 2. The molecule has 0 aliphatic heterocycles. The van der Waals surface area contributed by atoms with E-state index in [-0.39, 0.29) is 11.8 Å². The van der Waals surface area contributed by atoms with Crippen molar-refractivity contribution in [2.45, 2.75) is 25.9 Å². The van der Waals surface area contributed by atoms with Crippen molar-refractivity contribution in [2.24, 2.45) is 5.73 Å². The second kappa shape index (κ2) is 7.91. The Balaban J connectivity index is 2.49. The average molecular weight is 306 g/mol. The van der Waals surface area contributed by atoms with Crippen molar-refractivity contribution in [1.82, 2.24) is 15.5 Å². The highest BCUT2D eigenvalue weighted by atomic mass is 16.2. The summed E-state index contributed by atoms with van der Waals surface area (Å²) in [5.41, 5.74) is 6.33. The number of benzene rings is 1. The van der Waals surface area contributed by atoms with Gasteiger partial charge in [0.1, 0.15) is 0 Å². The van der Waals surface area contributed by atoms with Gasteiger partial charge in [-0.15, -0.1) is 0 Å². The van der Waals surface area contributed by atoms with E-state index in [9.17, 15) is 9.59 Å². The van der Waals surface area contributed by atoms with Crippen LogP contribution in [0.4, 0.5) is 0 Å². The lowest BCUT2D eigenvalue weighted by atomic mass is 10.1. The van der Waals surface area contributed by atoms with Gasteiger partial charge >= 0.3 is 0 Å². The number of rotatable bonds is 7. The first-order valence-corrected chi connectivity index (χ1v) is 7.29. The number of nitrogens with two attached hydrogens (primary N) is 1. The van der Waals surface area contributed by atoms with E-state index in [1.807, 2.05) is 31.1 Å². The van der Waals surface area contributed by atoms with Crippen molar-refractivity contribution in [3.8, 4) is 0 Å². The minimum Gasteiger partial charge on any atom is -0.351 e. The monoisotopic (exact) mass is 306 g/mol. The quantitative estimate of drug-likeness (QED) is 0.677. The third kappa shape index (κ3) is 6.24. The Morgan fingerprint density at radius 1 is 1.14 bits per heavy atom. The molecule has 0 radical (unpaired) electrons. The Labute approximate surface area is 132 Å². The molecule has 6 heteroatoms. The van der Waals surface area contributed by atoms with Crippen LogP contribution in [0.2, 0.25) is 0 Å². The van der Waals surface area contributed by atoms with Crippen molar-refractivity contribution in [3.63, 3.8) is 0 Å². The Bertz CT molecular complexity index is 504. The topological polar surface area (TPSA) is 87.5 Å². The van der Waals surface area contributed by atoms with Gasteiger partial charge in [-0.3, -0.25) is 9.59 Å². The molecule has 0 fully saturated rings. The predicted molar refractivity (Wildman–Crippen MR) is 87.4 cm³/mol. The lowest BCUT2D eigenvalue weighted by molar-refractivity contribution is -0.125. The second-order valence-electron chi connectivity index (χ2n) is 6.16. The number of amides is 2. The fourth-order valence-corrected chi connectivity index (χ4v) is 1.68. The SMILES string of the molecule is CN(C)CCNC(=O)c1ccc(CNC(=O)C(C)(C)N)cc1. The van der Waals surface area contributed by atoms with Gasteiger partial charge in [0.25, 0.3) is 5.91 Å². The third-order valence-corrected chi connectivity index (χ3v) is 3.10. The maximum Gasteiger partial charge on any atom is 0.251 e. The van der Waals surface area contributed by atoms with Gasteiger partial charge in [-0.1, -0.05) is 12.1 Å². The largest absolute Gasteiger partial charge is 0.351 e. The zero-order valence-electron chi connectivity index (χ0n) is 13.8. The Morgan fingerprint density at radius 2 is 1.73 bits per heavy atom. The zero-order chi connectivity index (χ0) is 16.8. The fraction of sp³-hybridized carbons (Fsp3) is 0.500. The van der Waals surface area contributed by atoms with Crippen LogP contribution in [-0.2, 0) is 11.3 Å². The van der Waals surface area contributed by atoms with Crippen LogP contribution < -0.4 is 16.4 Å². The van der Waals surface area contributed by atoms with E-state index >= 15 is 0 Å². The molecule has 6 nitrogen and oxygen atoms in total. The first-order valence-electron chi connectivity index (χ1n) is 7.29. The molecule has 0 spiro atoms. The lowest BCUT2D eigenvalue weighted by Crippen LogP contribution is -2.48. The van der Waals surface area contributed by atoms with Crippen molar-refractivity contribution in [3.05, 3.63) is 35.4 Å². The van der Waals surface area contributed by atoms with Gasteiger partial charge in [-0.25, -0.2) is 0 Å². The normalized spacial score (nSPS) is 11.4. The van der Waals surface area contributed by atoms with Gasteiger partial charge in [-0.05, 0) is 45.6 Å². The number of hydrogen-bond acceptors (Lipinski definition) is 4. The minimum absolute atomic E-state index is 0.0967. The third-order valence-electron chi connectivity index (χ3n) is 3.10. The molecule has 0 unspecified atom stereocenters. The van der Waals surface area contributed by atoms with E-state index in [2.05, 4.69) is 10.6 Å². The highest BCUT2D eigenvalue weighted by Crippen LogP contribution is 2.05. The van der Waals surface area contributed by atoms with E-state index in [0.29, 0.717) is 18.7 Å². The van der Waals surface area contributed by atoms with Crippen LogP contribution in [0.25, 0.3) is 0 Å². The molecule has 2 amide bonds. The van der Waals surface area contributed by atoms with Gasteiger partial charge in [0.2, 0.25) is 5.91 Å². The standard InChI is InChI=1S/C16H26N4O2/c1-16(2,17)15(22)19-11-12-5-7-13(8-6-12)14(21)18-9-10-20(3)4/h5-8H,9-11,17H2,1-4H3,(H,18,21)(H,19,22). The van der Waals surface area contributed by atoms with E-state index < -0.39 is 5.54 Å². The van der Waals surface area contributed by atoms with Gasteiger partial charge in [-0.2, -0.15) is 0 Å². The molecule has 0 saturated heterocycles. The summed E-state index contributed by atoms with van der Waals surface area (Å²) < 4.78 is 0. The number of carbonyl (C=O) groups is 2. The van der Waals surface area contributed by atoms with E-state index in [0.717, 1.165) is 12.1 Å². The molecule has 0 atom stereocenters. The molecule has 1 aromatic carbocycles. The Morgan fingerprint density at radius 3 is 2.23 bits per heavy atom. The molecule has 0 saturated carbocycles. The minimum atomic E-state index is -0.897. The van der Waals surface area contributed by atoms with Crippen LogP contribution in [0, 0.1) is 0 Å².